The van der Waals surface area contributed by atoms with E-state index in [9.17, 15) is 0 Å². The minimum atomic E-state index is 0. The van der Waals surface area contributed by atoms with Gasteiger partial charge in [0.15, 0.2) is 0 Å². The molecule has 0 amide bonds. The second-order valence-electron chi connectivity index (χ2n) is 1.58. The molecule has 0 rings (SSSR count). The van der Waals surface area contributed by atoms with Gasteiger partial charge in [-0.15, -0.1) is 0 Å². The number of rotatable bonds is 1. The summed E-state index contributed by atoms with van der Waals surface area (Å²) in [5.74, 6) is 0.440. The van der Waals surface area contributed by atoms with Gasteiger partial charge in [-0.05, 0) is 5.92 Å². The van der Waals surface area contributed by atoms with Gasteiger partial charge in [0.2, 0.25) is 0 Å². The smallest absolute Gasteiger partial charge is 0.396 e. The van der Waals surface area contributed by atoms with Crippen LogP contribution in [0.3, 0.4) is 0 Å². The molecule has 0 aliphatic carbocycles. The molecule has 1 N–H and O–H groups in total. The van der Waals surface area contributed by atoms with Crippen LogP contribution >= 0.6 is 0 Å². The van der Waals surface area contributed by atoms with Crippen molar-refractivity contribution in [3.63, 3.8) is 0 Å². The zero-order chi connectivity index (χ0) is 4.28. The third-order valence-electron chi connectivity index (χ3n) is 0.365. The van der Waals surface area contributed by atoms with E-state index in [0.29, 0.717) is 12.5 Å². The summed E-state index contributed by atoms with van der Waals surface area (Å²) in [6.07, 6.45) is 0. The van der Waals surface area contributed by atoms with Gasteiger partial charge in [-0.25, -0.2) is 0 Å². The van der Waals surface area contributed by atoms with E-state index in [0.717, 1.165) is 0 Å². The summed E-state index contributed by atoms with van der Waals surface area (Å²) in [7, 11) is 0. The Morgan fingerprint density at radius 2 is 1.67 bits per heavy atom. The normalized spacial score (nSPS) is 8.00. The van der Waals surface area contributed by atoms with Crippen molar-refractivity contribution >= 4 is 0 Å². The zero-order valence-electron chi connectivity index (χ0n) is 4.23. The van der Waals surface area contributed by atoms with Gasteiger partial charge in [-0.2, -0.15) is 0 Å². The second kappa shape index (κ2) is 5.84. The average molecular weight is 165 g/mol. The fourth-order valence-corrected chi connectivity index (χ4v) is 0. The van der Waals surface area contributed by atoms with Crippen LogP contribution in [0.1, 0.15) is 13.8 Å². The molecular formula is C4H10OZr+3. The van der Waals surface area contributed by atoms with Gasteiger partial charge in [0, 0.05) is 6.61 Å². The molecule has 0 aromatic rings. The van der Waals surface area contributed by atoms with Crippen molar-refractivity contribution in [1.29, 1.82) is 0 Å². The van der Waals surface area contributed by atoms with Crippen molar-refractivity contribution in [3.05, 3.63) is 0 Å². The van der Waals surface area contributed by atoms with Crippen LogP contribution in [0.4, 0.5) is 0 Å². The molecule has 0 saturated carbocycles. The second-order valence-corrected chi connectivity index (χ2v) is 1.58. The van der Waals surface area contributed by atoms with E-state index in [-0.39, 0.29) is 26.2 Å². The molecule has 0 aromatic carbocycles. The molecule has 0 bridgehead atoms. The molecule has 0 fully saturated rings. The molecule has 1 radical (unpaired) electrons. The van der Waals surface area contributed by atoms with Crippen LogP contribution in [0.15, 0.2) is 0 Å². The van der Waals surface area contributed by atoms with E-state index < -0.39 is 0 Å². The molecule has 2 heteroatoms. The van der Waals surface area contributed by atoms with Crippen molar-refractivity contribution in [2.45, 2.75) is 13.8 Å². The molecule has 0 saturated heterocycles. The van der Waals surface area contributed by atoms with Crippen molar-refractivity contribution in [2.24, 2.45) is 5.92 Å². The van der Waals surface area contributed by atoms with Crippen LogP contribution in [-0.4, -0.2) is 11.7 Å². The maximum atomic E-state index is 8.14. The quantitative estimate of drug-likeness (QED) is 0.604. The zero-order valence-corrected chi connectivity index (χ0v) is 6.69. The number of hydrogen-bond acceptors (Lipinski definition) is 1. The Morgan fingerprint density at radius 3 is 1.67 bits per heavy atom. The fraction of sp³-hybridized carbons (Fsp3) is 1.00. The van der Waals surface area contributed by atoms with E-state index in [1.54, 1.807) is 0 Å². The van der Waals surface area contributed by atoms with Gasteiger partial charge >= 0.3 is 26.2 Å². The van der Waals surface area contributed by atoms with Crippen molar-refractivity contribution in [3.8, 4) is 0 Å². The van der Waals surface area contributed by atoms with Crippen LogP contribution < -0.4 is 0 Å². The van der Waals surface area contributed by atoms with Gasteiger partial charge in [0.05, 0.1) is 0 Å². The Kier molecular flexibility index (Phi) is 9.70. The summed E-state index contributed by atoms with van der Waals surface area (Å²) in [5, 5.41) is 8.14. The minimum absolute atomic E-state index is 0. The van der Waals surface area contributed by atoms with E-state index in [1.165, 1.54) is 0 Å². The van der Waals surface area contributed by atoms with Crippen molar-refractivity contribution in [2.75, 3.05) is 6.61 Å². The summed E-state index contributed by atoms with van der Waals surface area (Å²) in [6, 6.07) is 0. The van der Waals surface area contributed by atoms with Gasteiger partial charge in [-0.1, -0.05) is 13.8 Å². The van der Waals surface area contributed by atoms with E-state index >= 15 is 0 Å². The van der Waals surface area contributed by atoms with Crippen LogP contribution in [0.25, 0.3) is 0 Å². The number of aliphatic hydroxyl groups excluding tert-OH is 1. The van der Waals surface area contributed by atoms with Crippen molar-refractivity contribution < 1.29 is 31.3 Å². The van der Waals surface area contributed by atoms with Crippen LogP contribution in [-0.2, 0) is 26.2 Å². The van der Waals surface area contributed by atoms with Crippen LogP contribution in [0.2, 0.25) is 0 Å². The van der Waals surface area contributed by atoms with E-state index in [1.807, 2.05) is 13.8 Å². The molecule has 33 valence electrons. The maximum absolute atomic E-state index is 8.14. The molecule has 0 atom stereocenters. The third kappa shape index (κ3) is 8.85. The van der Waals surface area contributed by atoms with Gasteiger partial charge in [-0.3, -0.25) is 0 Å². The van der Waals surface area contributed by atoms with Gasteiger partial charge in [0.1, 0.15) is 0 Å². The molecule has 0 aliphatic rings. The number of hydrogen-bond donors (Lipinski definition) is 1. The molecule has 0 unspecified atom stereocenters. The fourth-order valence-electron chi connectivity index (χ4n) is 0. The number of aliphatic hydroxyl groups is 1. The summed E-state index contributed by atoms with van der Waals surface area (Å²) in [4.78, 5) is 0. The predicted molar refractivity (Wildman–Crippen MR) is 21.9 cm³/mol. The Balaban J connectivity index is 0. The topological polar surface area (TPSA) is 20.2 Å². The van der Waals surface area contributed by atoms with Crippen LogP contribution in [0, 0.1) is 5.92 Å². The first-order chi connectivity index (χ1) is 2.27. The summed E-state index contributed by atoms with van der Waals surface area (Å²) >= 11 is 0. The Morgan fingerprint density at radius 1 is 1.50 bits per heavy atom. The average Bonchev–Trinajstić information content (AvgIpc) is 1.38. The van der Waals surface area contributed by atoms with Crippen LogP contribution in [0.5, 0.6) is 0 Å². The molecule has 0 aromatic heterocycles. The maximum Gasteiger partial charge on any atom is 3.00 e. The van der Waals surface area contributed by atoms with Gasteiger partial charge < -0.3 is 5.11 Å². The standard InChI is InChI=1S/C4H10O.Zr/c1-4(2)3-5;/h4-5H,3H2,1-2H3;/q;+3. The minimum Gasteiger partial charge on any atom is -0.396 e. The SMILES string of the molecule is CC(C)CO.[Zr+3]. The molecule has 0 spiro atoms. The van der Waals surface area contributed by atoms with Crippen molar-refractivity contribution in [1.82, 2.24) is 0 Å². The first-order valence-corrected chi connectivity index (χ1v) is 1.88. The Labute approximate surface area is 57.9 Å². The van der Waals surface area contributed by atoms with E-state index in [4.69, 9.17) is 5.11 Å². The van der Waals surface area contributed by atoms with E-state index in [2.05, 4.69) is 0 Å². The first-order valence-electron chi connectivity index (χ1n) is 1.88. The molecule has 6 heavy (non-hydrogen) atoms. The largest absolute Gasteiger partial charge is 3.00 e. The summed E-state index contributed by atoms with van der Waals surface area (Å²) in [5.41, 5.74) is 0. The predicted octanol–water partition coefficient (Wildman–Crippen LogP) is 0.632. The third-order valence-corrected chi connectivity index (χ3v) is 0.365. The summed E-state index contributed by atoms with van der Waals surface area (Å²) < 4.78 is 0. The Hall–Kier alpha value is 0.843. The Bertz CT molecular complexity index is 21.5. The molecule has 0 aliphatic heterocycles. The first kappa shape index (κ1) is 9.96. The van der Waals surface area contributed by atoms with Gasteiger partial charge in [0.25, 0.3) is 0 Å². The molecular weight excluding hydrogens is 155 g/mol. The monoisotopic (exact) mass is 164 g/mol. The molecule has 0 heterocycles. The molecule has 1 nitrogen and oxygen atoms in total. The summed E-state index contributed by atoms with van der Waals surface area (Å²) in [6.45, 7) is 4.25.